The molecule has 0 aliphatic carbocycles. The smallest absolute Gasteiger partial charge is 0.0587 e. The molecule has 1 aliphatic heterocycles. The molecule has 0 N–H and O–H groups in total. The molecule has 1 aromatic carbocycles. The Morgan fingerprint density at radius 2 is 2.11 bits per heavy atom. The Morgan fingerprint density at radius 1 is 1.28 bits per heavy atom. The second-order valence-corrected chi connectivity index (χ2v) is 6.48. The maximum Gasteiger partial charge on any atom is 0.0587 e. The number of benzene rings is 1. The average Bonchev–Trinajstić information content (AvgIpc) is 2.74. The van der Waals surface area contributed by atoms with Gasteiger partial charge in [-0.2, -0.15) is 0 Å². The molecule has 0 spiro atoms. The van der Waals surface area contributed by atoms with Crippen molar-refractivity contribution in [2.45, 2.75) is 13.3 Å². The predicted molar refractivity (Wildman–Crippen MR) is 81.7 cm³/mol. The highest BCUT2D eigenvalue weighted by Crippen LogP contribution is 2.37. The molecule has 0 radical (unpaired) electrons. The zero-order valence-corrected chi connectivity index (χ0v) is 12.2. The second-order valence-electron chi connectivity index (χ2n) is 5.02. The Hall–Kier alpha value is -0.830. The molecular formula is C15H16ClNS. The molecule has 2 aromatic rings. The molecular weight excluding hydrogens is 262 g/mol. The average molecular weight is 278 g/mol. The van der Waals surface area contributed by atoms with Crippen LogP contribution in [0.25, 0.3) is 15.7 Å². The summed E-state index contributed by atoms with van der Waals surface area (Å²) in [5, 5.41) is 2.16. The summed E-state index contributed by atoms with van der Waals surface area (Å²) in [7, 11) is 2.17. The molecule has 0 unspecified atom stereocenters. The van der Waals surface area contributed by atoms with Crippen LogP contribution >= 0.6 is 22.9 Å². The van der Waals surface area contributed by atoms with Crippen LogP contribution in [0.5, 0.6) is 0 Å². The molecule has 1 aromatic heterocycles. The van der Waals surface area contributed by atoms with Gasteiger partial charge in [0.2, 0.25) is 0 Å². The first kappa shape index (κ1) is 12.2. The van der Waals surface area contributed by atoms with Crippen molar-refractivity contribution in [3.63, 3.8) is 0 Å². The van der Waals surface area contributed by atoms with Gasteiger partial charge in [-0.3, -0.25) is 0 Å². The van der Waals surface area contributed by atoms with Crippen molar-refractivity contribution in [2.24, 2.45) is 0 Å². The first-order valence-corrected chi connectivity index (χ1v) is 7.40. The van der Waals surface area contributed by atoms with Gasteiger partial charge in [-0.25, -0.2) is 0 Å². The molecule has 94 valence electrons. The lowest BCUT2D eigenvalue weighted by Gasteiger charge is -2.21. The molecule has 0 saturated heterocycles. The predicted octanol–water partition coefficient (Wildman–Crippen LogP) is 4.58. The van der Waals surface area contributed by atoms with E-state index in [4.69, 9.17) is 11.6 Å². The van der Waals surface area contributed by atoms with Gasteiger partial charge >= 0.3 is 0 Å². The van der Waals surface area contributed by atoms with E-state index in [1.54, 1.807) is 0 Å². The lowest BCUT2D eigenvalue weighted by atomic mass is 10.1. The molecule has 2 heterocycles. The van der Waals surface area contributed by atoms with Gasteiger partial charge in [0.1, 0.15) is 0 Å². The third kappa shape index (κ3) is 2.20. The fraction of sp³-hybridized carbons (Fsp3) is 0.333. The van der Waals surface area contributed by atoms with Crippen molar-refractivity contribution in [1.29, 1.82) is 0 Å². The number of aryl methyl sites for hydroxylation is 1. The van der Waals surface area contributed by atoms with Crippen molar-refractivity contribution in [1.82, 2.24) is 4.90 Å². The third-order valence-corrected chi connectivity index (χ3v) is 5.11. The number of hydrogen-bond donors (Lipinski definition) is 0. The molecule has 1 nitrogen and oxygen atoms in total. The first-order chi connectivity index (χ1) is 8.63. The minimum Gasteiger partial charge on any atom is -0.302 e. The largest absolute Gasteiger partial charge is 0.302 e. The minimum atomic E-state index is 0.884. The van der Waals surface area contributed by atoms with Gasteiger partial charge in [0.05, 0.1) is 9.72 Å². The normalized spacial score (nSPS) is 17.2. The molecule has 0 atom stereocenters. The quantitative estimate of drug-likeness (QED) is 0.737. The maximum atomic E-state index is 6.32. The molecule has 0 fully saturated rings. The summed E-state index contributed by atoms with van der Waals surface area (Å²) in [4.78, 5) is 3.72. The lowest BCUT2D eigenvalue weighted by Crippen LogP contribution is -2.23. The van der Waals surface area contributed by atoms with E-state index in [-0.39, 0.29) is 0 Å². The topological polar surface area (TPSA) is 3.24 Å². The fourth-order valence-corrected chi connectivity index (χ4v) is 3.92. The van der Waals surface area contributed by atoms with Crippen LogP contribution in [-0.4, -0.2) is 25.0 Å². The van der Waals surface area contributed by atoms with Crippen molar-refractivity contribution in [2.75, 3.05) is 20.1 Å². The van der Waals surface area contributed by atoms with Crippen molar-refractivity contribution in [3.05, 3.63) is 39.7 Å². The number of thiophene rings is 1. The van der Waals surface area contributed by atoms with Crippen LogP contribution in [0.15, 0.2) is 24.3 Å². The Bertz CT molecular complexity index is 627. The molecule has 18 heavy (non-hydrogen) atoms. The van der Waals surface area contributed by atoms with Gasteiger partial charge < -0.3 is 4.90 Å². The number of hydrogen-bond acceptors (Lipinski definition) is 2. The van der Waals surface area contributed by atoms with Crippen LogP contribution in [0.3, 0.4) is 0 Å². The molecule has 0 amide bonds. The number of fused-ring (bicyclic) bond motifs is 1. The van der Waals surface area contributed by atoms with E-state index in [9.17, 15) is 0 Å². The zero-order valence-electron chi connectivity index (χ0n) is 10.7. The van der Waals surface area contributed by atoms with Gasteiger partial charge in [0.25, 0.3) is 0 Å². The van der Waals surface area contributed by atoms with E-state index < -0.39 is 0 Å². The highest BCUT2D eigenvalue weighted by atomic mass is 35.5. The Kier molecular flexibility index (Phi) is 3.18. The van der Waals surface area contributed by atoms with Crippen molar-refractivity contribution in [3.8, 4) is 0 Å². The fourth-order valence-electron chi connectivity index (χ4n) is 2.40. The number of likely N-dealkylation sites (N-methyl/N-ethyl adjacent to an activating group) is 1. The SMILES string of the molecule is Cc1cc(Cl)c2sc(C3=CCN(C)CC3)cc2c1. The van der Waals surface area contributed by atoms with Gasteiger partial charge in [-0.15, -0.1) is 11.3 Å². The van der Waals surface area contributed by atoms with Crippen molar-refractivity contribution >= 4 is 38.6 Å². The highest BCUT2D eigenvalue weighted by Gasteiger charge is 2.13. The van der Waals surface area contributed by atoms with Crippen molar-refractivity contribution < 1.29 is 0 Å². The Labute approximate surface area is 117 Å². The minimum absolute atomic E-state index is 0.884. The Balaban J connectivity index is 2.06. The van der Waals surface area contributed by atoms with E-state index in [0.717, 1.165) is 24.5 Å². The number of rotatable bonds is 1. The lowest BCUT2D eigenvalue weighted by molar-refractivity contribution is 0.370. The summed E-state index contributed by atoms with van der Waals surface area (Å²) in [6, 6.07) is 6.56. The van der Waals surface area contributed by atoms with E-state index >= 15 is 0 Å². The molecule has 0 saturated carbocycles. The van der Waals surface area contributed by atoms with Gasteiger partial charge in [-0.05, 0) is 49.0 Å². The van der Waals surface area contributed by atoms with Crippen LogP contribution in [0, 0.1) is 6.92 Å². The Morgan fingerprint density at radius 3 is 2.83 bits per heavy atom. The van der Waals surface area contributed by atoms with E-state index in [2.05, 4.69) is 37.1 Å². The summed E-state index contributed by atoms with van der Waals surface area (Å²) in [6.45, 7) is 4.29. The summed E-state index contributed by atoms with van der Waals surface area (Å²) in [6.07, 6.45) is 3.48. The summed E-state index contributed by atoms with van der Waals surface area (Å²) in [5.74, 6) is 0. The maximum absolute atomic E-state index is 6.32. The summed E-state index contributed by atoms with van der Waals surface area (Å²) < 4.78 is 1.22. The first-order valence-electron chi connectivity index (χ1n) is 6.21. The highest BCUT2D eigenvalue weighted by molar-refractivity contribution is 7.20. The second kappa shape index (κ2) is 4.69. The van der Waals surface area contributed by atoms with Crippen LogP contribution in [0.2, 0.25) is 5.02 Å². The standard InChI is InChI=1S/C15H16ClNS/c1-10-7-12-9-14(18-15(12)13(16)8-10)11-3-5-17(2)6-4-11/h3,7-9H,4-6H2,1-2H3. The van der Waals surface area contributed by atoms with E-state index in [1.807, 2.05) is 17.4 Å². The van der Waals surface area contributed by atoms with Gasteiger partial charge in [0.15, 0.2) is 0 Å². The summed E-state index contributed by atoms with van der Waals surface area (Å²) in [5.41, 5.74) is 2.71. The zero-order chi connectivity index (χ0) is 12.7. The van der Waals surface area contributed by atoms with Crippen LogP contribution in [0.4, 0.5) is 0 Å². The monoisotopic (exact) mass is 277 g/mol. The van der Waals surface area contributed by atoms with Crippen LogP contribution in [-0.2, 0) is 0 Å². The summed E-state index contributed by atoms with van der Waals surface area (Å²) >= 11 is 8.14. The molecule has 3 heteroatoms. The van der Waals surface area contributed by atoms with Gasteiger partial charge in [-0.1, -0.05) is 23.7 Å². The molecule has 3 rings (SSSR count). The number of halogens is 1. The van der Waals surface area contributed by atoms with Crippen LogP contribution < -0.4 is 0 Å². The van der Waals surface area contributed by atoms with Gasteiger partial charge in [0, 0.05) is 18.0 Å². The van der Waals surface area contributed by atoms with E-state index in [1.165, 1.54) is 26.1 Å². The molecule has 0 bridgehead atoms. The number of nitrogens with zero attached hydrogens (tertiary/aromatic N) is 1. The van der Waals surface area contributed by atoms with E-state index in [0.29, 0.717) is 0 Å². The third-order valence-electron chi connectivity index (χ3n) is 3.44. The molecule has 1 aliphatic rings. The van der Waals surface area contributed by atoms with Crippen LogP contribution in [0.1, 0.15) is 16.9 Å².